The molecular weight excluding hydrogens is 266 g/mol. The summed E-state index contributed by atoms with van der Waals surface area (Å²) in [5, 5.41) is 2.95. The van der Waals surface area contributed by atoms with Gasteiger partial charge in [0, 0.05) is 37.6 Å². The monoisotopic (exact) mass is 289 g/mol. The number of benzene rings is 1. The number of nitrogens with zero attached hydrogens (tertiary/aromatic N) is 2. The molecule has 0 radical (unpaired) electrons. The highest BCUT2D eigenvalue weighted by molar-refractivity contribution is 5.89. The molecule has 2 aliphatic rings. The van der Waals surface area contributed by atoms with Crippen LogP contribution >= 0.6 is 0 Å². The molecule has 2 heterocycles. The van der Waals surface area contributed by atoms with E-state index in [1.165, 1.54) is 24.9 Å². The average Bonchev–Trinajstić information content (AvgIpc) is 2.57. The van der Waals surface area contributed by atoms with Gasteiger partial charge in [-0.3, -0.25) is 0 Å². The van der Waals surface area contributed by atoms with Crippen molar-refractivity contribution >= 4 is 17.4 Å². The molecule has 2 amide bonds. The minimum atomic E-state index is -0.0379. The standard InChI is InChI=1S/C16H23N3O2/c20-16(19-10-12-21-13-11-19)17-14-4-6-15(7-5-14)18-8-2-1-3-9-18/h4-7H,1-3,8-13H2,(H,17,20). The first-order valence-electron chi connectivity index (χ1n) is 7.81. The Morgan fingerprint density at radius 3 is 2.29 bits per heavy atom. The summed E-state index contributed by atoms with van der Waals surface area (Å²) in [6.07, 6.45) is 3.88. The van der Waals surface area contributed by atoms with Gasteiger partial charge in [-0.25, -0.2) is 4.79 Å². The van der Waals surface area contributed by atoms with Gasteiger partial charge in [-0.1, -0.05) is 0 Å². The lowest BCUT2D eigenvalue weighted by molar-refractivity contribution is 0.0564. The summed E-state index contributed by atoms with van der Waals surface area (Å²) in [4.78, 5) is 16.3. The van der Waals surface area contributed by atoms with Crippen LogP contribution in [0.5, 0.6) is 0 Å². The maximum Gasteiger partial charge on any atom is 0.321 e. The summed E-state index contributed by atoms with van der Waals surface area (Å²) in [5.41, 5.74) is 2.10. The Morgan fingerprint density at radius 1 is 0.952 bits per heavy atom. The molecule has 114 valence electrons. The van der Waals surface area contributed by atoms with E-state index in [0.717, 1.165) is 18.8 Å². The van der Waals surface area contributed by atoms with Crippen LogP contribution in [0.3, 0.4) is 0 Å². The zero-order valence-electron chi connectivity index (χ0n) is 12.4. The number of anilines is 2. The van der Waals surface area contributed by atoms with Gasteiger partial charge in [0.15, 0.2) is 0 Å². The van der Waals surface area contributed by atoms with Gasteiger partial charge in [0.05, 0.1) is 13.2 Å². The molecule has 5 heteroatoms. The van der Waals surface area contributed by atoms with E-state index in [-0.39, 0.29) is 6.03 Å². The number of rotatable bonds is 2. The summed E-state index contributed by atoms with van der Waals surface area (Å²) in [6.45, 7) is 4.86. The number of carbonyl (C=O) groups is 1. The second-order valence-corrected chi connectivity index (χ2v) is 5.62. The summed E-state index contributed by atoms with van der Waals surface area (Å²) in [7, 11) is 0. The first kappa shape index (κ1) is 14.2. The molecule has 0 unspecified atom stereocenters. The van der Waals surface area contributed by atoms with Gasteiger partial charge in [-0.05, 0) is 43.5 Å². The van der Waals surface area contributed by atoms with E-state index in [0.29, 0.717) is 26.3 Å². The summed E-state index contributed by atoms with van der Waals surface area (Å²) in [6, 6.07) is 8.13. The smallest absolute Gasteiger partial charge is 0.321 e. The zero-order chi connectivity index (χ0) is 14.5. The number of urea groups is 1. The molecule has 5 nitrogen and oxygen atoms in total. The van der Waals surface area contributed by atoms with E-state index in [1.54, 1.807) is 4.90 Å². The Hall–Kier alpha value is -1.75. The van der Waals surface area contributed by atoms with Crippen LogP contribution in [0, 0.1) is 0 Å². The lowest BCUT2D eigenvalue weighted by Gasteiger charge is -2.29. The second-order valence-electron chi connectivity index (χ2n) is 5.62. The van der Waals surface area contributed by atoms with Gasteiger partial charge < -0.3 is 19.9 Å². The largest absolute Gasteiger partial charge is 0.378 e. The molecule has 0 bridgehead atoms. The topological polar surface area (TPSA) is 44.8 Å². The number of hydrogen-bond acceptors (Lipinski definition) is 3. The average molecular weight is 289 g/mol. The van der Waals surface area contributed by atoms with Crippen molar-refractivity contribution in [2.45, 2.75) is 19.3 Å². The fraction of sp³-hybridized carbons (Fsp3) is 0.562. The van der Waals surface area contributed by atoms with Crippen molar-refractivity contribution in [2.24, 2.45) is 0 Å². The van der Waals surface area contributed by atoms with Crippen molar-refractivity contribution in [1.29, 1.82) is 0 Å². The predicted octanol–water partition coefficient (Wildman–Crippen LogP) is 2.54. The van der Waals surface area contributed by atoms with Crippen LogP contribution in [-0.4, -0.2) is 50.3 Å². The van der Waals surface area contributed by atoms with E-state index in [9.17, 15) is 4.79 Å². The van der Waals surface area contributed by atoms with Crippen LogP contribution < -0.4 is 10.2 Å². The van der Waals surface area contributed by atoms with Crippen molar-refractivity contribution < 1.29 is 9.53 Å². The molecule has 2 aliphatic heterocycles. The molecule has 1 N–H and O–H groups in total. The van der Waals surface area contributed by atoms with Crippen LogP contribution in [0.15, 0.2) is 24.3 Å². The summed E-state index contributed by atoms with van der Waals surface area (Å²) >= 11 is 0. The molecule has 1 aromatic carbocycles. The fourth-order valence-electron chi connectivity index (χ4n) is 2.88. The SMILES string of the molecule is O=C(Nc1ccc(N2CCCCC2)cc1)N1CCOCC1. The van der Waals surface area contributed by atoms with Crippen molar-refractivity contribution in [3.05, 3.63) is 24.3 Å². The Labute approximate surface area is 125 Å². The molecule has 0 atom stereocenters. The normalized spacial score (nSPS) is 19.4. The Morgan fingerprint density at radius 2 is 1.62 bits per heavy atom. The van der Waals surface area contributed by atoms with E-state index in [2.05, 4.69) is 22.3 Å². The maximum atomic E-state index is 12.1. The van der Waals surface area contributed by atoms with Crippen molar-refractivity contribution in [2.75, 3.05) is 49.6 Å². The molecule has 3 rings (SSSR count). The molecular formula is C16H23N3O2. The molecule has 0 saturated carbocycles. The zero-order valence-corrected chi connectivity index (χ0v) is 12.4. The third-order valence-corrected chi connectivity index (χ3v) is 4.14. The molecule has 2 saturated heterocycles. The molecule has 21 heavy (non-hydrogen) atoms. The Kier molecular flexibility index (Phi) is 4.60. The number of carbonyl (C=O) groups excluding carboxylic acids is 1. The van der Waals surface area contributed by atoms with Crippen LogP contribution in [-0.2, 0) is 4.74 Å². The Balaban J connectivity index is 1.57. The molecule has 0 aromatic heterocycles. The number of amides is 2. The lowest BCUT2D eigenvalue weighted by atomic mass is 10.1. The Bertz CT molecular complexity index is 463. The van der Waals surface area contributed by atoms with Gasteiger partial charge in [-0.2, -0.15) is 0 Å². The van der Waals surface area contributed by atoms with Crippen LogP contribution in [0.25, 0.3) is 0 Å². The van der Waals surface area contributed by atoms with Gasteiger partial charge in [-0.15, -0.1) is 0 Å². The summed E-state index contributed by atoms with van der Waals surface area (Å²) in [5.74, 6) is 0. The highest BCUT2D eigenvalue weighted by atomic mass is 16.5. The fourth-order valence-corrected chi connectivity index (χ4v) is 2.88. The van der Waals surface area contributed by atoms with Gasteiger partial charge in [0.25, 0.3) is 0 Å². The minimum absolute atomic E-state index is 0.0379. The van der Waals surface area contributed by atoms with Gasteiger partial charge in [0.1, 0.15) is 0 Å². The quantitative estimate of drug-likeness (QED) is 0.910. The van der Waals surface area contributed by atoms with Crippen molar-refractivity contribution in [3.8, 4) is 0 Å². The second kappa shape index (κ2) is 6.80. The van der Waals surface area contributed by atoms with Gasteiger partial charge in [0.2, 0.25) is 0 Å². The lowest BCUT2D eigenvalue weighted by Crippen LogP contribution is -2.43. The number of hydrogen-bond donors (Lipinski definition) is 1. The predicted molar refractivity (Wildman–Crippen MR) is 83.9 cm³/mol. The number of piperidine rings is 1. The van der Waals surface area contributed by atoms with E-state index in [1.807, 2.05) is 12.1 Å². The third kappa shape index (κ3) is 3.67. The third-order valence-electron chi connectivity index (χ3n) is 4.14. The maximum absolute atomic E-state index is 12.1. The number of nitrogens with one attached hydrogen (secondary N) is 1. The minimum Gasteiger partial charge on any atom is -0.378 e. The van der Waals surface area contributed by atoms with Crippen molar-refractivity contribution in [1.82, 2.24) is 4.90 Å². The van der Waals surface area contributed by atoms with Crippen LogP contribution in [0.2, 0.25) is 0 Å². The number of ether oxygens (including phenoxy) is 1. The first-order chi connectivity index (χ1) is 10.3. The van der Waals surface area contributed by atoms with E-state index >= 15 is 0 Å². The molecule has 1 aromatic rings. The number of morpholine rings is 1. The van der Waals surface area contributed by atoms with Crippen LogP contribution in [0.1, 0.15) is 19.3 Å². The summed E-state index contributed by atoms with van der Waals surface area (Å²) < 4.78 is 5.26. The molecule has 2 fully saturated rings. The first-order valence-corrected chi connectivity index (χ1v) is 7.81. The molecule has 0 aliphatic carbocycles. The van der Waals surface area contributed by atoms with E-state index < -0.39 is 0 Å². The highest BCUT2D eigenvalue weighted by Gasteiger charge is 2.17. The molecule has 0 spiro atoms. The van der Waals surface area contributed by atoms with Crippen molar-refractivity contribution in [3.63, 3.8) is 0 Å². The van der Waals surface area contributed by atoms with E-state index in [4.69, 9.17) is 4.74 Å². The van der Waals surface area contributed by atoms with Crippen LogP contribution in [0.4, 0.5) is 16.2 Å². The van der Waals surface area contributed by atoms with Gasteiger partial charge >= 0.3 is 6.03 Å². The highest BCUT2D eigenvalue weighted by Crippen LogP contribution is 2.22.